The molecule has 2 aromatic rings. The molecule has 4 rings (SSSR count). The summed E-state index contributed by atoms with van der Waals surface area (Å²) in [6.45, 7) is 2.53. The van der Waals surface area contributed by atoms with Crippen LogP contribution in [0.15, 0.2) is 18.2 Å². The van der Waals surface area contributed by atoms with Crippen LogP contribution in [0.2, 0.25) is 0 Å². The van der Waals surface area contributed by atoms with Crippen LogP contribution in [0.3, 0.4) is 0 Å². The number of rotatable bonds is 3. The van der Waals surface area contributed by atoms with E-state index < -0.39 is 0 Å². The number of phenols is 1. The van der Waals surface area contributed by atoms with E-state index in [-0.39, 0.29) is 17.6 Å². The Labute approximate surface area is 150 Å². The molecule has 1 atom stereocenters. The van der Waals surface area contributed by atoms with Gasteiger partial charge in [-0.1, -0.05) is 6.07 Å². The van der Waals surface area contributed by atoms with Gasteiger partial charge in [-0.15, -0.1) is 11.3 Å². The van der Waals surface area contributed by atoms with Crippen molar-refractivity contribution in [1.29, 1.82) is 0 Å². The summed E-state index contributed by atoms with van der Waals surface area (Å²) in [5.41, 5.74) is 1.66. The molecule has 1 aromatic heterocycles. The normalized spacial score (nSPS) is 20.1. The SMILES string of the molecule is COc1ccc([C@H]2CC(=O)NCc3nc(N4CCCC4)sc32)c(O)c1. The van der Waals surface area contributed by atoms with Gasteiger partial charge < -0.3 is 20.1 Å². The summed E-state index contributed by atoms with van der Waals surface area (Å²) in [5.74, 6) is 0.549. The minimum Gasteiger partial charge on any atom is -0.508 e. The van der Waals surface area contributed by atoms with Gasteiger partial charge in [0.05, 0.1) is 19.3 Å². The average Bonchev–Trinajstić information content (AvgIpc) is 3.25. The van der Waals surface area contributed by atoms with Crippen LogP contribution in [0.4, 0.5) is 5.13 Å². The highest BCUT2D eigenvalue weighted by Crippen LogP contribution is 2.43. The van der Waals surface area contributed by atoms with E-state index >= 15 is 0 Å². The first-order valence-electron chi connectivity index (χ1n) is 8.54. The molecule has 0 spiro atoms. The van der Waals surface area contributed by atoms with E-state index in [0.29, 0.717) is 18.7 Å². The van der Waals surface area contributed by atoms with Crippen LogP contribution >= 0.6 is 11.3 Å². The first kappa shape index (κ1) is 16.2. The second-order valence-corrected chi connectivity index (χ2v) is 7.47. The Kier molecular flexibility index (Phi) is 4.25. The van der Waals surface area contributed by atoms with Crippen LogP contribution in [0.5, 0.6) is 11.5 Å². The molecule has 2 aliphatic rings. The third kappa shape index (κ3) is 3.04. The molecule has 2 N–H and O–H groups in total. The minimum atomic E-state index is -0.183. The van der Waals surface area contributed by atoms with E-state index in [1.54, 1.807) is 24.5 Å². The maximum absolute atomic E-state index is 12.2. The monoisotopic (exact) mass is 359 g/mol. The van der Waals surface area contributed by atoms with Gasteiger partial charge in [-0.25, -0.2) is 4.98 Å². The van der Waals surface area contributed by atoms with Gasteiger partial charge >= 0.3 is 0 Å². The van der Waals surface area contributed by atoms with E-state index in [4.69, 9.17) is 9.72 Å². The van der Waals surface area contributed by atoms with E-state index in [2.05, 4.69) is 10.2 Å². The van der Waals surface area contributed by atoms with Gasteiger partial charge in [0.25, 0.3) is 0 Å². The maximum atomic E-state index is 12.2. The van der Waals surface area contributed by atoms with Crippen molar-refractivity contribution in [3.63, 3.8) is 0 Å². The fourth-order valence-corrected chi connectivity index (χ4v) is 4.77. The third-order valence-corrected chi connectivity index (χ3v) is 6.14. The number of fused-ring (bicyclic) bond motifs is 1. The number of nitrogens with zero attached hydrogens (tertiary/aromatic N) is 2. The van der Waals surface area contributed by atoms with Crippen molar-refractivity contribution in [2.45, 2.75) is 31.7 Å². The molecule has 6 nitrogen and oxygen atoms in total. The molecular formula is C18H21N3O3S. The van der Waals surface area contributed by atoms with Gasteiger partial charge in [0.15, 0.2) is 5.13 Å². The number of aromatic nitrogens is 1. The second-order valence-electron chi connectivity index (χ2n) is 6.46. The molecular weight excluding hydrogens is 338 g/mol. The van der Waals surface area contributed by atoms with Gasteiger partial charge in [-0.3, -0.25) is 4.79 Å². The largest absolute Gasteiger partial charge is 0.508 e. The summed E-state index contributed by atoms with van der Waals surface area (Å²) in [6.07, 6.45) is 2.71. The Balaban J connectivity index is 1.75. The lowest BCUT2D eigenvalue weighted by Gasteiger charge is -2.16. The quantitative estimate of drug-likeness (QED) is 0.881. The number of ether oxygens (including phenoxy) is 1. The number of aromatic hydroxyl groups is 1. The third-order valence-electron chi connectivity index (χ3n) is 4.86. The molecule has 0 bridgehead atoms. The first-order valence-corrected chi connectivity index (χ1v) is 9.35. The molecule has 0 saturated carbocycles. The van der Waals surface area contributed by atoms with Gasteiger partial charge in [0, 0.05) is 41.9 Å². The first-order chi connectivity index (χ1) is 12.2. The summed E-state index contributed by atoms with van der Waals surface area (Å²) in [7, 11) is 1.57. The van der Waals surface area contributed by atoms with Crippen molar-refractivity contribution >= 4 is 22.4 Å². The number of hydrogen-bond donors (Lipinski definition) is 2. The molecule has 0 aliphatic carbocycles. The maximum Gasteiger partial charge on any atom is 0.221 e. The van der Waals surface area contributed by atoms with Crippen LogP contribution in [0.25, 0.3) is 0 Å². The van der Waals surface area contributed by atoms with Gasteiger partial charge in [0.2, 0.25) is 5.91 Å². The molecule has 1 aromatic carbocycles. The zero-order valence-corrected chi connectivity index (χ0v) is 14.9. The van der Waals surface area contributed by atoms with Crippen LogP contribution in [-0.2, 0) is 11.3 Å². The summed E-state index contributed by atoms with van der Waals surface area (Å²) < 4.78 is 5.17. The average molecular weight is 359 g/mol. The Bertz CT molecular complexity index is 799. The minimum absolute atomic E-state index is 0.0202. The van der Waals surface area contributed by atoms with Gasteiger partial charge in [-0.2, -0.15) is 0 Å². The van der Waals surface area contributed by atoms with Crippen molar-refractivity contribution in [3.05, 3.63) is 34.3 Å². The summed E-state index contributed by atoms with van der Waals surface area (Å²) >= 11 is 1.65. The van der Waals surface area contributed by atoms with E-state index in [9.17, 15) is 9.90 Å². The van der Waals surface area contributed by atoms with Gasteiger partial charge in [0.1, 0.15) is 11.5 Å². The number of anilines is 1. The standard InChI is InChI=1S/C18H21N3O3S/c1-24-11-4-5-12(15(22)8-11)13-9-16(23)19-10-14-17(13)25-18(20-14)21-6-2-3-7-21/h4-5,8,13,22H,2-3,6-7,9-10H2,1H3,(H,19,23)/t13-/m1/s1. The van der Waals surface area contributed by atoms with Crippen molar-refractivity contribution in [2.24, 2.45) is 0 Å². The highest BCUT2D eigenvalue weighted by atomic mass is 32.1. The lowest BCUT2D eigenvalue weighted by molar-refractivity contribution is -0.121. The predicted molar refractivity (Wildman–Crippen MR) is 96.5 cm³/mol. The molecule has 0 radical (unpaired) electrons. The summed E-state index contributed by atoms with van der Waals surface area (Å²) in [5, 5.41) is 14.4. The summed E-state index contributed by atoms with van der Waals surface area (Å²) in [6, 6.07) is 5.26. The van der Waals surface area contributed by atoms with E-state index in [1.807, 2.05) is 12.1 Å². The number of hydrogen-bond acceptors (Lipinski definition) is 6. The van der Waals surface area contributed by atoms with Crippen molar-refractivity contribution in [1.82, 2.24) is 10.3 Å². The molecule has 1 saturated heterocycles. The number of benzene rings is 1. The van der Waals surface area contributed by atoms with Crippen molar-refractivity contribution in [3.8, 4) is 11.5 Å². The second kappa shape index (κ2) is 6.55. The van der Waals surface area contributed by atoms with Gasteiger partial charge in [-0.05, 0) is 18.9 Å². The molecule has 0 unspecified atom stereocenters. The Hall–Kier alpha value is -2.28. The van der Waals surface area contributed by atoms with E-state index in [0.717, 1.165) is 34.4 Å². The number of amides is 1. The molecule has 2 aliphatic heterocycles. The van der Waals surface area contributed by atoms with Crippen LogP contribution in [0.1, 0.15) is 41.3 Å². The van der Waals surface area contributed by atoms with Crippen LogP contribution in [-0.4, -0.2) is 36.2 Å². The van der Waals surface area contributed by atoms with Crippen LogP contribution < -0.4 is 15.0 Å². The highest BCUT2D eigenvalue weighted by molar-refractivity contribution is 7.15. The molecule has 1 amide bonds. The van der Waals surface area contributed by atoms with Crippen molar-refractivity contribution in [2.75, 3.05) is 25.1 Å². The zero-order valence-electron chi connectivity index (χ0n) is 14.1. The Morgan fingerprint density at radius 1 is 1.36 bits per heavy atom. The molecule has 132 valence electrons. The number of nitrogens with one attached hydrogen (secondary N) is 1. The molecule has 1 fully saturated rings. The fraction of sp³-hybridized carbons (Fsp3) is 0.444. The number of phenolic OH excluding ortho intramolecular Hbond substituents is 1. The number of methoxy groups -OCH3 is 1. The summed E-state index contributed by atoms with van der Waals surface area (Å²) in [4.78, 5) is 20.3. The topological polar surface area (TPSA) is 74.7 Å². The highest BCUT2D eigenvalue weighted by Gasteiger charge is 2.31. The lowest BCUT2D eigenvalue weighted by atomic mass is 9.92. The van der Waals surface area contributed by atoms with E-state index in [1.165, 1.54) is 12.8 Å². The van der Waals surface area contributed by atoms with Crippen molar-refractivity contribution < 1.29 is 14.6 Å². The Morgan fingerprint density at radius 2 is 2.16 bits per heavy atom. The molecule has 3 heterocycles. The molecule has 7 heteroatoms. The number of carbonyl (C=O) groups is 1. The predicted octanol–water partition coefficient (Wildman–Crippen LogP) is 2.61. The number of carbonyl (C=O) groups excluding carboxylic acids is 1. The fourth-order valence-electron chi connectivity index (χ4n) is 3.52. The Morgan fingerprint density at radius 3 is 2.88 bits per heavy atom. The number of thiazole rings is 1. The molecule has 25 heavy (non-hydrogen) atoms. The smallest absolute Gasteiger partial charge is 0.221 e. The van der Waals surface area contributed by atoms with Crippen LogP contribution in [0, 0.1) is 0 Å². The lowest BCUT2D eigenvalue weighted by Crippen LogP contribution is -2.22. The zero-order chi connectivity index (χ0) is 17.4.